The third-order valence-corrected chi connectivity index (χ3v) is 5.19. The molecule has 1 aliphatic heterocycles. The van der Waals surface area contributed by atoms with E-state index >= 15 is 0 Å². The molecule has 0 spiro atoms. The number of halogens is 1. The van der Waals surface area contributed by atoms with Gasteiger partial charge in [-0.05, 0) is 30.2 Å². The molecule has 1 saturated heterocycles. The van der Waals surface area contributed by atoms with Gasteiger partial charge in [-0.25, -0.2) is 4.98 Å². The van der Waals surface area contributed by atoms with Gasteiger partial charge in [0.2, 0.25) is 0 Å². The van der Waals surface area contributed by atoms with Crippen LogP contribution in [0.15, 0.2) is 53.6 Å². The Morgan fingerprint density at radius 3 is 2.89 bits per heavy atom. The number of hydrogen-bond donors (Lipinski definition) is 1. The number of fused-ring (bicyclic) bond motifs is 1. The molecule has 6 nitrogen and oxygen atoms in total. The number of amides is 1. The quantitative estimate of drug-likeness (QED) is 0.739. The largest absolute Gasteiger partial charge is 0.329 e. The zero-order valence-corrected chi connectivity index (χ0v) is 15.6. The highest BCUT2D eigenvalue weighted by molar-refractivity contribution is 6.31. The average molecular weight is 383 g/mol. The second kappa shape index (κ2) is 7.13. The summed E-state index contributed by atoms with van der Waals surface area (Å²) in [6.45, 7) is 3.62. The number of hydrogen-bond acceptors (Lipinski definition) is 4. The van der Waals surface area contributed by atoms with E-state index in [4.69, 9.17) is 11.6 Å². The van der Waals surface area contributed by atoms with E-state index in [1.165, 1.54) is 10.6 Å². The highest BCUT2D eigenvalue weighted by Gasteiger charge is 2.31. The maximum absolute atomic E-state index is 13.2. The van der Waals surface area contributed by atoms with E-state index in [0.29, 0.717) is 30.3 Å². The molecular weight excluding hydrogens is 364 g/mol. The number of carbonyl (C=O) groups is 1. The van der Waals surface area contributed by atoms with Crippen LogP contribution in [0.1, 0.15) is 27.5 Å². The number of aromatic nitrogens is 2. The molecule has 1 atom stereocenters. The summed E-state index contributed by atoms with van der Waals surface area (Å²) in [4.78, 5) is 32.1. The van der Waals surface area contributed by atoms with Crippen LogP contribution in [0, 0.1) is 6.92 Å². The summed E-state index contributed by atoms with van der Waals surface area (Å²) in [6.07, 6.45) is 3.08. The van der Waals surface area contributed by atoms with E-state index in [0.717, 1.165) is 11.1 Å². The standard InChI is InChI=1S/C20H19ClN4O2/c1-13-6-7-18-23-10-15(20(27)25(18)12-13)19(26)24-9-8-22-11-17(24)14-4-2-3-5-16(14)21/h2-7,10,12,17,22H,8-9,11H2,1H3. The average Bonchev–Trinajstić information content (AvgIpc) is 2.69. The number of carbonyl (C=O) groups excluding carboxylic acids is 1. The number of nitrogens with zero attached hydrogens (tertiary/aromatic N) is 3. The fourth-order valence-corrected chi connectivity index (χ4v) is 3.72. The number of benzene rings is 1. The van der Waals surface area contributed by atoms with Crippen molar-refractivity contribution in [1.82, 2.24) is 19.6 Å². The Labute approximate surface area is 161 Å². The first-order valence-electron chi connectivity index (χ1n) is 8.80. The molecule has 3 heterocycles. The first-order valence-corrected chi connectivity index (χ1v) is 9.18. The Kier molecular flexibility index (Phi) is 4.68. The van der Waals surface area contributed by atoms with Crippen molar-refractivity contribution < 1.29 is 4.79 Å². The Morgan fingerprint density at radius 1 is 1.26 bits per heavy atom. The number of pyridine rings is 1. The van der Waals surface area contributed by atoms with E-state index in [1.54, 1.807) is 17.2 Å². The summed E-state index contributed by atoms with van der Waals surface area (Å²) in [6, 6.07) is 10.9. The summed E-state index contributed by atoms with van der Waals surface area (Å²) in [5.74, 6) is -0.324. The van der Waals surface area contributed by atoms with Crippen molar-refractivity contribution in [2.24, 2.45) is 0 Å². The second-order valence-electron chi connectivity index (χ2n) is 6.65. The first kappa shape index (κ1) is 17.7. The molecular formula is C20H19ClN4O2. The van der Waals surface area contributed by atoms with Gasteiger partial charge >= 0.3 is 0 Å². The summed E-state index contributed by atoms with van der Waals surface area (Å²) in [7, 11) is 0. The lowest BCUT2D eigenvalue weighted by Gasteiger charge is -2.36. The molecule has 0 radical (unpaired) electrons. The van der Waals surface area contributed by atoms with Gasteiger partial charge in [-0.2, -0.15) is 0 Å². The summed E-state index contributed by atoms with van der Waals surface area (Å²) < 4.78 is 1.43. The van der Waals surface area contributed by atoms with E-state index in [1.807, 2.05) is 37.3 Å². The fourth-order valence-electron chi connectivity index (χ4n) is 3.45. The highest BCUT2D eigenvalue weighted by atomic mass is 35.5. The highest BCUT2D eigenvalue weighted by Crippen LogP contribution is 2.29. The molecule has 0 saturated carbocycles. The fraction of sp³-hybridized carbons (Fsp3) is 0.250. The third kappa shape index (κ3) is 3.22. The summed E-state index contributed by atoms with van der Waals surface area (Å²) in [5.41, 5.74) is 2.02. The van der Waals surface area contributed by atoms with Crippen molar-refractivity contribution in [2.45, 2.75) is 13.0 Å². The number of piperazine rings is 1. The molecule has 1 aromatic carbocycles. The zero-order chi connectivity index (χ0) is 19.0. The normalized spacial score (nSPS) is 17.3. The monoisotopic (exact) mass is 382 g/mol. The van der Waals surface area contributed by atoms with Crippen LogP contribution in [0.5, 0.6) is 0 Å². The maximum Gasteiger partial charge on any atom is 0.270 e. The molecule has 0 aliphatic carbocycles. The van der Waals surface area contributed by atoms with Gasteiger partial charge in [-0.1, -0.05) is 35.9 Å². The van der Waals surface area contributed by atoms with Gasteiger partial charge in [0, 0.05) is 37.1 Å². The lowest BCUT2D eigenvalue weighted by molar-refractivity contribution is 0.0632. The molecule has 1 unspecified atom stereocenters. The number of aryl methyl sites for hydroxylation is 1. The predicted octanol–water partition coefficient (Wildman–Crippen LogP) is 2.44. The van der Waals surface area contributed by atoms with Gasteiger partial charge < -0.3 is 10.2 Å². The minimum absolute atomic E-state index is 0.0667. The molecule has 27 heavy (non-hydrogen) atoms. The Bertz CT molecular complexity index is 1080. The van der Waals surface area contributed by atoms with E-state index in [9.17, 15) is 9.59 Å². The van der Waals surface area contributed by atoms with E-state index in [2.05, 4.69) is 10.3 Å². The van der Waals surface area contributed by atoms with E-state index in [-0.39, 0.29) is 23.1 Å². The van der Waals surface area contributed by atoms with Crippen molar-refractivity contribution >= 4 is 23.2 Å². The minimum atomic E-state index is -0.356. The van der Waals surface area contributed by atoms with Crippen LogP contribution in [0.2, 0.25) is 5.02 Å². The summed E-state index contributed by atoms with van der Waals surface area (Å²) >= 11 is 6.36. The summed E-state index contributed by atoms with van der Waals surface area (Å²) in [5, 5.41) is 3.90. The maximum atomic E-state index is 13.2. The molecule has 2 aromatic heterocycles. The lowest BCUT2D eigenvalue weighted by atomic mass is 10.0. The molecule has 1 fully saturated rings. The van der Waals surface area contributed by atoms with Crippen LogP contribution < -0.4 is 10.9 Å². The molecule has 3 aromatic rings. The number of rotatable bonds is 2. The van der Waals surface area contributed by atoms with Gasteiger partial charge in [0.25, 0.3) is 11.5 Å². The van der Waals surface area contributed by atoms with E-state index < -0.39 is 0 Å². The van der Waals surface area contributed by atoms with Gasteiger partial charge in [0.05, 0.1) is 6.04 Å². The van der Waals surface area contributed by atoms with Crippen molar-refractivity contribution in [3.63, 3.8) is 0 Å². The molecule has 7 heteroatoms. The van der Waals surface area contributed by atoms with Crippen molar-refractivity contribution in [2.75, 3.05) is 19.6 Å². The predicted molar refractivity (Wildman–Crippen MR) is 104 cm³/mol. The molecule has 4 rings (SSSR count). The minimum Gasteiger partial charge on any atom is -0.329 e. The molecule has 1 N–H and O–H groups in total. The first-order chi connectivity index (χ1) is 13.1. The molecule has 138 valence electrons. The van der Waals surface area contributed by atoms with Crippen LogP contribution in [-0.2, 0) is 0 Å². The Morgan fingerprint density at radius 2 is 2.07 bits per heavy atom. The number of nitrogens with one attached hydrogen (secondary N) is 1. The molecule has 0 bridgehead atoms. The van der Waals surface area contributed by atoms with Crippen molar-refractivity contribution in [3.05, 3.63) is 80.9 Å². The van der Waals surface area contributed by atoms with Crippen LogP contribution in [0.3, 0.4) is 0 Å². The van der Waals surface area contributed by atoms with Gasteiger partial charge in [0.15, 0.2) is 0 Å². The van der Waals surface area contributed by atoms with Crippen LogP contribution >= 0.6 is 11.6 Å². The third-order valence-electron chi connectivity index (χ3n) is 4.85. The molecule has 1 aliphatic rings. The SMILES string of the molecule is Cc1ccc2ncc(C(=O)N3CCNCC3c3ccccc3Cl)c(=O)n2c1. The Hall–Kier alpha value is -2.70. The van der Waals surface area contributed by atoms with Gasteiger partial charge in [-0.15, -0.1) is 0 Å². The van der Waals surface area contributed by atoms with Crippen LogP contribution in [0.4, 0.5) is 0 Å². The van der Waals surface area contributed by atoms with Crippen molar-refractivity contribution in [3.8, 4) is 0 Å². The lowest BCUT2D eigenvalue weighted by Crippen LogP contribution is -2.49. The van der Waals surface area contributed by atoms with Crippen LogP contribution in [-0.4, -0.2) is 39.8 Å². The Balaban J connectivity index is 1.77. The molecule has 1 amide bonds. The smallest absolute Gasteiger partial charge is 0.270 e. The van der Waals surface area contributed by atoms with Gasteiger partial charge in [-0.3, -0.25) is 14.0 Å². The van der Waals surface area contributed by atoms with Crippen molar-refractivity contribution in [1.29, 1.82) is 0 Å². The topological polar surface area (TPSA) is 66.7 Å². The van der Waals surface area contributed by atoms with Gasteiger partial charge in [0.1, 0.15) is 11.2 Å². The second-order valence-corrected chi connectivity index (χ2v) is 7.06. The van der Waals surface area contributed by atoms with Crippen LogP contribution in [0.25, 0.3) is 5.65 Å². The zero-order valence-electron chi connectivity index (χ0n) is 14.9.